The van der Waals surface area contributed by atoms with E-state index in [1.165, 1.54) is 16.7 Å². The average Bonchev–Trinajstić information content (AvgIpc) is 2.52. The van der Waals surface area contributed by atoms with Gasteiger partial charge in [-0.05, 0) is 12.5 Å². The number of nitrogens with one attached hydrogen (secondary N) is 1. The molecule has 0 aromatic carbocycles. The largest absolute Gasteiger partial charge is 0.477 e. The monoisotopic (exact) mass is 389 g/mol. The van der Waals surface area contributed by atoms with E-state index in [0.717, 1.165) is 0 Å². The highest BCUT2D eigenvalue weighted by Gasteiger charge is 2.55. The number of carboxylic acids is 1. The van der Waals surface area contributed by atoms with E-state index in [1.807, 2.05) is 0 Å². The lowest BCUT2D eigenvalue weighted by Gasteiger charge is -2.51. The average molecular weight is 389 g/mol. The molecular formula is C13H15N3O5S3. The van der Waals surface area contributed by atoms with Crippen LogP contribution >= 0.6 is 24.4 Å². The van der Waals surface area contributed by atoms with Crippen molar-refractivity contribution < 1.29 is 23.7 Å². The van der Waals surface area contributed by atoms with Crippen molar-refractivity contribution in [3.63, 3.8) is 0 Å². The first-order valence-corrected chi connectivity index (χ1v) is 9.92. The van der Waals surface area contributed by atoms with Gasteiger partial charge in [-0.15, -0.1) is 11.8 Å². The molecule has 2 heterocycles. The number of nitrogens with zero attached hydrogens (tertiary/aromatic N) is 2. The number of carboxylic acid groups (broad SMARTS) is 1. The molecule has 8 nitrogen and oxygen atoms in total. The number of amides is 2. The summed E-state index contributed by atoms with van der Waals surface area (Å²) in [4.78, 5) is 36.7. The molecule has 130 valence electrons. The number of carbonyl (C=O) groups is 3. The summed E-state index contributed by atoms with van der Waals surface area (Å²) < 4.78 is 11.4. The van der Waals surface area contributed by atoms with E-state index in [4.69, 9.17) is 5.26 Å². The molecule has 0 saturated carbocycles. The van der Waals surface area contributed by atoms with E-state index < -0.39 is 40.0 Å². The standard InChI is InChI=1S/C13H15N3O5S3/c1-6-7(4-22)23-12-9(11(18)16(12)10(6)13(19)20)15-8(17)5-24(21)3-2-14/h7,9,12,22H,3-5H2,1H3,(H,15,17)(H,19,20)/t7?,9?,12-,24?/m1/s1. The number of carbonyl (C=O) groups excluding carboxylic acids is 2. The molecule has 2 N–H and O–H groups in total. The van der Waals surface area contributed by atoms with Crippen molar-refractivity contribution in [2.75, 3.05) is 17.3 Å². The third-order valence-electron chi connectivity index (χ3n) is 3.65. The molecule has 24 heavy (non-hydrogen) atoms. The molecule has 2 aliphatic heterocycles. The molecule has 2 aliphatic rings. The van der Waals surface area contributed by atoms with Crippen LogP contribution in [0.1, 0.15) is 6.92 Å². The molecular weight excluding hydrogens is 374 g/mol. The molecule has 2 rings (SSSR count). The Morgan fingerprint density at radius 3 is 2.75 bits per heavy atom. The Labute approximate surface area is 150 Å². The van der Waals surface area contributed by atoms with Crippen LogP contribution in [-0.4, -0.2) is 65.9 Å². The van der Waals surface area contributed by atoms with Crippen LogP contribution in [0.3, 0.4) is 0 Å². The number of aliphatic carboxylic acids is 1. The summed E-state index contributed by atoms with van der Waals surface area (Å²) in [5.41, 5.74) is 0.494. The van der Waals surface area contributed by atoms with Crippen LogP contribution < -0.4 is 5.32 Å². The van der Waals surface area contributed by atoms with Crippen LogP contribution in [0.4, 0.5) is 0 Å². The van der Waals surface area contributed by atoms with E-state index in [-0.39, 0.29) is 22.5 Å². The number of β-lactam (4-membered cyclic amide) rings is 1. The Bertz CT molecular complexity index is 687. The van der Waals surface area contributed by atoms with Gasteiger partial charge in [0.15, 0.2) is 0 Å². The molecule has 0 radical (unpaired) electrons. The minimum Gasteiger partial charge on any atom is -0.477 e. The van der Waals surface area contributed by atoms with Gasteiger partial charge < -0.3 is 10.4 Å². The van der Waals surface area contributed by atoms with E-state index in [1.54, 1.807) is 13.0 Å². The SMILES string of the molecule is CC1=C(C(=O)O)N2C(=O)C(NC(=O)CS(=O)CC#N)[C@H]2SC1CS. The Morgan fingerprint density at radius 1 is 1.54 bits per heavy atom. The minimum atomic E-state index is -1.61. The lowest BCUT2D eigenvalue weighted by atomic mass is 10.0. The van der Waals surface area contributed by atoms with Gasteiger partial charge in [-0.25, -0.2) is 4.79 Å². The number of rotatable bonds is 6. The van der Waals surface area contributed by atoms with E-state index in [2.05, 4.69) is 17.9 Å². The van der Waals surface area contributed by atoms with Crippen molar-refractivity contribution in [3.8, 4) is 6.07 Å². The van der Waals surface area contributed by atoms with Gasteiger partial charge >= 0.3 is 5.97 Å². The van der Waals surface area contributed by atoms with Gasteiger partial charge in [0.1, 0.15) is 28.6 Å². The first-order chi connectivity index (χ1) is 11.3. The molecule has 0 spiro atoms. The summed E-state index contributed by atoms with van der Waals surface area (Å²) in [6.07, 6.45) is 0. The molecule has 0 aromatic rings. The fourth-order valence-electron chi connectivity index (χ4n) is 2.52. The molecule has 1 fully saturated rings. The fraction of sp³-hybridized carbons (Fsp3) is 0.538. The van der Waals surface area contributed by atoms with E-state index in [0.29, 0.717) is 11.3 Å². The van der Waals surface area contributed by atoms with E-state index >= 15 is 0 Å². The van der Waals surface area contributed by atoms with Gasteiger partial charge in [-0.3, -0.25) is 18.7 Å². The Balaban J connectivity index is 2.12. The summed E-state index contributed by atoms with van der Waals surface area (Å²) in [5, 5.41) is 19.6. The quantitative estimate of drug-likeness (QED) is 0.405. The Kier molecular flexibility index (Phi) is 5.95. The van der Waals surface area contributed by atoms with Gasteiger partial charge in [0, 0.05) is 21.8 Å². The van der Waals surface area contributed by atoms with Gasteiger partial charge in [0.25, 0.3) is 5.91 Å². The molecule has 1 saturated heterocycles. The van der Waals surface area contributed by atoms with Gasteiger partial charge in [0.05, 0.1) is 6.07 Å². The van der Waals surface area contributed by atoms with Gasteiger partial charge in [-0.1, -0.05) is 0 Å². The third kappa shape index (κ3) is 3.45. The van der Waals surface area contributed by atoms with Crippen molar-refractivity contribution in [1.29, 1.82) is 5.26 Å². The number of fused-ring (bicyclic) bond motifs is 1. The second kappa shape index (κ2) is 7.58. The van der Waals surface area contributed by atoms with Crippen LogP contribution in [0.2, 0.25) is 0 Å². The van der Waals surface area contributed by atoms with Crippen molar-refractivity contribution in [1.82, 2.24) is 10.2 Å². The van der Waals surface area contributed by atoms with Gasteiger partial charge in [-0.2, -0.15) is 17.9 Å². The molecule has 0 aliphatic carbocycles. The maximum atomic E-state index is 12.3. The summed E-state index contributed by atoms with van der Waals surface area (Å²) in [5.74, 6) is -2.54. The zero-order valence-corrected chi connectivity index (χ0v) is 15.1. The van der Waals surface area contributed by atoms with Crippen LogP contribution in [0, 0.1) is 11.3 Å². The molecule has 11 heteroatoms. The fourth-order valence-corrected chi connectivity index (χ4v) is 5.09. The smallest absolute Gasteiger partial charge is 0.352 e. The number of hydrogen-bond donors (Lipinski definition) is 3. The van der Waals surface area contributed by atoms with Crippen molar-refractivity contribution in [2.45, 2.75) is 23.6 Å². The summed E-state index contributed by atoms with van der Waals surface area (Å²) in [6.45, 7) is 1.65. The predicted molar refractivity (Wildman–Crippen MR) is 91.6 cm³/mol. The Morgan fingerprint density at radius 2 is 2.21 bits per heavy atom. The summed E-state index contributed by atoms with van der Waals surface area (Å²) >= 11 is 5.57. The maximum absolute atomic E-state index is 12.3. The highest BCUT2D eigenvalue weighted by atomic mass is 32.2. The molecule has 0 aromatic heterocycles. The first kappa shape index (κ1) is 18.8. The minimum absolute atomic E-state index is 0.0682. The maximum Gasteiger partial charge on any atom is 0.352 e. The van der Waals surface area contributed by atoms with Crippen molar-refractivity contribution >= 4 is 53.0 Å². The zero-order chi connectivity index (χ0) is 18.0. The summed E-state index contributed by atoms with van der Waals surface area (Å²) in [6, 6.07) is 0.836. The van der Waals surface area contributed by atoms with Crippen LogP contribution in [0.25, 0.3) is 0 Å². The van der Waals surface area contributed by atoms with Crippen LogP contribution in [0.15, 0.2) is 11.3 Å². The lowest BCUT2D eigenvalue weighted by Crippen LogP contribution is -2.71. The predicted octanol–water partition coefficient (Wildman–Crippen LogP) is -0.684. The number of nitriles is 1. The topological polar surface area (TPSA) is 128 Å². The zero-order valence-electron chi connectivity index (χ0n) is 12.6. The number of thiol groups is 1. The highest BCUT2D eigenvalue weighted by molar-refractivity contribution is 8.01. The number of thioether (sulfide) groups is 1. The lowest BCUT2D eigenvalue weighted by molar-refractivity contribution is -0.150. The third-order valence-corrected chi connectivity index (χ3v) is 6.90. The number of hydrogen-bond acceptors (Lipinski definition) is 7. The molecule has 3 unspecified atom stereocenters. The highest BCUT2D eigenvalue weighted by Crippen LogP contribution is 2.44. The second-order valence-electron chi connectivity index (χ2n) is 5.17. The van der Waals surface area contributed by atoms with Crippen LogP contribution in [-0.2, 0) is 25.2 Å². The summed E-state index contributed by atoms with van der Waals surface area (Å²) in [7, 11) is -1.61. The molecule has 4 atom stereocenters. The van der Waals surface area contributed by atoms with Crippen LogP contribution in [0.5, 0.6) is 0 Å². The molecule has 2 amide bonds. The van der Waals surface area contributed by atoms with E-state index in [9.17, 15) is 23.7 Å². The first-order valence-electron chi connectivity index (χ1n) is 6.86. The molecule has 0 bridgehead atoms. The Hall–Kier alpha value is -1.51. The van der Waals surface area contributed by atoms with Gasteiger partial charge in [0.2, 0.25) is 5.91 Å². The normalized spacial score (nSPS) is 27.0. The van der Waals surface area contributed by atoms with Crippen molar-refractivity contribution in [2.24, 2.45) is 0 Å². The van der Waals surface area contributed by atoms with Crippen molar-refractivity contribution in [3.05, 3.63) is 11.3 Å². The second-order valence-corrected chi connectivity index (χ2v) is 8.32.